The fraction of sp³-hybridized carbons (Fsp3) is 0.357. The number of benzene rings is 2. The SMILES string of the molecule is Cc1ccc2c(N3CCN(CCc4c(C)ccc5c4ccc(=O)n5C)[C@@H](C)C3)cccc2n1. The second-order valence-electron chi connectivity index (χ2n) is 9.40. The summed E-state index contributed by atoms with van der Waals surface area (Å²) < 4.78 is 1.75. The minimum Gasteiger partial charge on any atom is -0.368 e. The molecule has 1 aliphatic rings. The van der Waals surface area contributed by atoms with E-state index in [1.165, 1.54) is 27.6 Å². The summed E-state index contributed by atoms with van der Waals surface area (Å²) in [6.07, 6.45) is 0.989. The van der Waals surface area contributed by atoms with E-state index in [0.29, 0.717) is 6.04 Å². The first-order valence-electron chi connectivity index (χ1n) is 11.9. The summed E-state index contributed by atoms with van der Waals surface area (Å²) in [6.45, 7) is 10.6. The molecule has 0 spiro atoms. The number of piperazine rings is 1. The number of rotatable bonds is 4. The fourth-order valence-corrected chi connectivity index (χ4v) is 5.27. The second-order valence-corrected chi connectivity index (χ2v) is 9.40. The Morgan fingerprint density at radius 2 is 1.79 bits per heavy atom. The molecule has 0 radical (unpaired) electrons. The van der Waals surface area contributed by atoms with Crippen LogP contribution in [0.5, 0.6) is 0 Å². The van der Waals surface area contributed by atoms with Crippen LogP contribution < -0.4 is 10.5 Å². The van der Waals surface area contributed by atoms with Crippen LogP contribution >= 0.6 is 0 Å². The van der Waals surface area contributed by atoms with E-state index in [1.807, 2.05) is 20.0 Å². The summed E-state index contributed by atoms with van der Waals surface area (Å²) in [7, 11) is 1.86. The van der Waals surface area contributed by atoms with Crippen molar-refractivity contribution in [2.45, 2.75) is 33.2 Å². The molecule has 2 aromatic carbocycles. The van der Waals surface area contributed by atoms with Crippen molar-refractivity contribution in [3.05, 3.63) is 81.8 Å². The van der Waals surface area contributed by atoms with Crippen LogP contribution in [0.25, 0.3) is 21.8 Å². The van der Waals surface area contributed by atoms with E-state index in [2.05, 4.69) is 66.1 Å². The molecule has 170 valence electrons. The Labute approximate surface area is 195 Å². The fourth-order valence-electron chi connectivity index (χ4n) is 5.27. The molecule has 0 amide bonds. The molecular weight excluding hydrogens is 408 g/mol. The maximum absolute atomic E-state index is 12.1. The molecule has 1 saturated heterocycles. The lowest BCUT2D eigenvalue weighted by molar-refractivity contribution is 0.192. The average Bonchev–Trinajstić information content (AvgIpc) is 2.81. The number of fused-ring (bicyclic) bond motifs is 2. The predicted molar refractivity (Wildman–Crippen MR) is 137 cm³/mol. The molecule has 4 aromatic rings. The van der Waals surface area contributed by atoms with Gasteiger partial charge in [-0.1, -0.05) is 12.1 Å². The smallest absolute Gasteiger partial charge is 0.250 e. The highest BCUT2D eigenvalue weighted by molar-refractivity contribution is 5.92. The van der Waals surface area contributed by atoms with E-state index in [1.54, 1.807) is 10.6 Å². The van der Waals surface area contributed by atoms with Crippen LogP contribution in [0.15, 0.2) is 59.4 Å². The van der Waals surface area contributed by atoms with Crippen LogP contribution in [0, 0.1) is 13.8 Å². The summed E-state index contributed by atoms with van der Waals surface area (Å²) in [6, 6.07) is 19.1. The average molecular weight is 441 g/mol. The lowest BCUT2D eigenvalue weighted by atomic mass is 9.99. The van der Waals surface area contributed by atoms with Gasteiger partial charge in [-0.05, 0) is 74.7 Å². The third-order valence-corrected chi connectivity index (χ3v) is 7.26. The van der Waals surface area contributed by atoms with Gasteiger partial charge >= 0.3 is 0 Å². The van der Waals surface area contributed by atoms with Crippen molar-refractivity contribution in [3.63, 3.8) is 0 Å². The second kappa shape index (κ2) is 8.64. The summed E-state index contributed by atoms with van der Waals surface area (Å²) in [5.74, 6) is 0. The Bertz CT molecular complexity index is 1390. The Hall–Kier alpha value is -3.18. The first kappa shape index (κ1) is 21.7. The van der Waals surface area contributed by atoms with Gasteiger partial charge in [-0.15, -0.1) is 0 Å². The molecule has 0 bridgehead atoms. The van der Waals surface area contributed by atoms with Gasteiger partial charge in [-0.2, -0.15) is 0 Å². The van der Waals surface area contributed by atoms with E-state index in [0.717, 1.165) is 49.3 Å². The predicted octanol–water partition coefficient (Wildman–Crippen LogP) is 4.46. The monoisotopic (exact) mass is 440 g/mol. The van der Waals surface area contributed by atoms with Gasteiger partial charge in [0.2, 0.25) is 0 Å². The maximum Gasteiger partial charge on any atom is 0.250 e. The summed E-state index contributed by atoms with van der Waals surface area (Å²) >= 11 is 0. The zero-order valence-electron chi connectivity index (χ0n) is 20.0. The molecule has 5 nitrogen and oxygen atoms in total. The largest absolute Gasteiger partial charge is 0.368 e. The van der Waals surface area contributed by atoms with Crippen LogP contribution in [0.4, 0.5) is 5.69 Å². The third-order valence-electron chi connectivity index (χ3n) is 7.26. The molecule has 0 N–H and O–H groups in total. The molecule has 0 unspecified atom stereocenters. The van der Waals surface area contributed by atoms with Crippen molar-refractivity contribution in [1.29, 1.82) is 0 Å². The van der Waals surface area contributed by atoms with Crippen molar-refractivity contribution < 1.29 is 0 Å². The maximum atomic E-state index is 12.1. The number of hydrogen-bond acceptors (Lipinski definition) is 4. The molecule has 33 heavy (non-hydrogen) atoms. The minimum atomic E-state index is 0.0424. The van der Waals surface area contributed by atoms with Gasteiger partial charge in [0.05, 0.1) is 11.0 Å². The van der Waals surface area contributed by atoms with Crippen molar-refractivity contribution in [2.24, 2.45) is 7.05 Å². The third kappa shape index (κ3) is 4.02. The van der Waals surface area contributed by atoms with E-state index >= 15 is 0 Å². The molecule has 2 aromatic heterocycles. The van der Waals surface area contributed by atoms with Crippen LogP contribution in [0.3, 0.4) is 0 Å². The minimum absolute atomic E-state index is 0.0424. The van der Waals surface area contributed by atoms with E-state index in [9.17, 15) is 4.79 Å². The number of anilines is 1. The van der Waals surface area contributed by atoms with Crippen molar-refractivity contribution in [1.82, 2.24) is 14.5 Å². The molecular formula is C28H32N4O. The Kier molecular flexibility index (Phi) is 5.67. The molecule has 0 saturated carbocycles. The normalized spacial score (nSPS) is 17.2. The van der Waals surface area contributed by atoms with Crippen molar-refractivity contribution in [3.8, 4) is 0 Å². The van der Waals surface area contributed by atoms with Crippen LogP contribution in [0.2, 0.25) is 0 Å². The first-order valence-corrected chi connectivity index (χ1v) is 11.9. The molecule has 0 aliphatic carbocycles. The summed E-state index contributed by atoms with van der Waals surface area (Å²) in [5, 5.41) is 2.43. The molecule has 1 atom stereocenters. The highest BCUT2D eigenvalue weighted by Crippen LogP contribution is 2.28. The molecule has 3 heterocycles. The van der Waals surface area contributed by atoms with Gasteiger partial charge in [0.15, 0.2) is 0 Å². The zero-order valence-corrected chi connectivity index (χ0v) is 20.0. The summed E-state index contributed by atoms with van der Waals surface area (Å²) in [4.78, 5) is 21.9. The number of aryl methyl sites for hydroxylation is 3. The number of aromatic nitrogens is 2. The Morgan fingerprint density at radius 3 is 2.61 bits per heavy atom. The topological polar surface area (TPSA) is 41.4 Å². The van der Waals surface area contributed by atoms with Crippen LogP contribution in [0.1, 0.15) is 23.7 Å². The lowest BCUT2D eigenvalue weighted by Gasteiger charge is -2.41. The standard InChI is InChI=1S/C28H32N4O/c1-19-8-12-26-23(11-13-28(33)30(26)4)22(19)14-15-31-16-17-32(18-21(31)3)27-7-5-6-25-24(27)10-9-20(2)29-25/h5-13,21H,14-18H2,1-4H3/t21-/m0/s1. The van der Waals surface area contributed by atoms with Gasteiger partial charge < -0.3 is 9.47 Å². The number of nitrogens with zero attached hydrogens (tertiary/aromatic N) is 4. The van der Waals surface area contributed by atoms with Crippen LogP contribution in [-0.2, 0) is 13.5 Å². The van der Waals surface area contributed by atoms with Gasteiger partial charge in [0, 0.05) is 67.5 Å². The number of hydrogen-bond donors (Lipinski definition) is 0. The van der Waals surface area contributed by atoms with Crippen LogP contribution in [-0.4, -0.2) is 46.7 Å². The lowest BCUT2D eigenvalue weighted by Crippen LogP contribution is -2.52. The highest BCUT2D eigenvalue weighted by Gasteiger charge is 2.25. The molecule has 1 aliphatic heterocycles. The number of pyridine rings is 2. The van der Waals surface area contributed by atoms with Gasteiger partial charge in [0.25, 0.3) is 5.56 Å². The molecule has 1 fully saturated rings. The Morgan fingerprint density at radius 1 is 0.970 bits per heavy atom. The Balaban J connectivity index is 1.33. The van der Waals surface area contributed by atoms with Gasteiger partial charge in [0.1, 0.15) is 0 Å². The van der Waals surface area contributed by atoms with Crippen molar-refractivity contribution >= 4 is 27.5 Å². The first-order chi connectivity index (χ1) is 15.9. The van der Waals surface area contributed by atoms with Crippen molar-refractivity contribution in [2.75, 3.05) is 31.1 Å². The quantitative estimate of drug-likeness (QED) is 0.470. The van der Waals surface area contributed by atoms with E-state index in [4.69, 9.17) is 4.98 Å². The zero-order chi connectivity index (χ0) is 23.1. The summed E-state index contributed by atoms with van der Waals surface area (Å²) in [5.41, 5.74) is 7.13. The van der Waals surface area contributed by atoms with Gasteiger partial charge in [-0.25, -0.2) is 0 Å². The highest BCUT2D eigenvalue weighted by atomic mass is 16.1. The van der Waals surface area contributed by atoms with E-state index in [-0.39, 0.29) is 5.56 Å². The molecule has 5 rings (SSSR count). The van der Waals surface area contributed by atoms with E-state index < -0.39 is 0 Å². The molecule has 5 heteroatoms. The van der Waals surface area contributed by atoms with Gasteiger partial charge in [-0.3, -0.25) is 14.7 Å².